The molecule has 0 radical (unpaired) electrons. The van der Waals surface area contributed by atoms with Crippen LogP contribution in [0.1, 0.15) is 80.6 Å². The van der Waals surface area contributed by atoms with Gasteiger partial charge in [0.25, 0.3) is 11.2 Å². The van der Waals surface area contributed by atoms with Gasteiger partial charge in [-0.15, -0.1) is 0 Å². The molecule has 0 amide bonds. The summed E-state index contributed by atoms with van der Waals surface area (Å²) in [5.41, 5.74) is 6.29. The number of ether oxygens (including phenoxy) is 1. The second kappa shape index (κ2) is 12.6. The van der Waals surface area contributed by atoms with Gasteiger partial charge < -0.3 is 9.30 Å². The molecule has 0 bridgehead atoms. The van der Waals surface area contributed by atoms with Crippen molar-refractivity contribution in [1.82, 2.24) is 9.13 Å². The molecule has 3 heterocycles. The van der Waals surface area contributed by atoms with Crippen LogP contribution in [-0.4, -0.2) is 26.6 Å². The van der Waals surface area contributed by atoms with Crippen molar-refractivity contribution in [1.29, 1.82) is 0 Å². The molecule has 0 saturated heterocycles. The van der Waals surface area contributed by atoms with Crippen molar-refractivity contribution >= 4 is 29.1 Å². The lowest BCUT2D eigenvalue weighted by atomic mass is 9.92. The summed E-state index contributed by atoms with van der Waals surface area (Å²) in [6, 6.07) is 15.8. The Morgan fingerprint density at radius 1 is 1.11 bits per heavy atom. The predicted molar refractivity (Wildman–Crippen MR) is 172 cm³/mol. The first kappa shape index (κ1) is 30.9. The largest absolute Gasteiger partial charge is 0.463 e. The van der Waals surface area contributed by atoms with E-state index in [-0.39, 0.29) is 17.9 Å². The molecule has 5 rings (SSSR count). The van der Waals surface area contributed by atoms with Crippen LogP contribution >= 0.6 is 11.3 Å². The molecule has 44 heavy (non-hydrogen) atoms. The van der Waals surface area contributed by atoms with Crippen molar-refractivity contribution in [3.05, 3.63) is 124 Å². The monoisotopic (exact) mass is 612 g/mol. The highest BCUT2D eigenvalue weighted by Crippen LogP contribution is 2.33. The molecule has 2 aromatic heterocycles. The Hall–Kier alpha value is -4.57. The Bertz CT molecular complexity index is 1940. The van der Waals surface area contributed by atoms with E-state index >= 15 is 0 Å². The fourth-order valence-electron chi connectivity index (χ4n) is 5.70. The SMILES string of the molecule is CCCC1=C(C(=O)OCC)[C@@H](c2ccc(C(C)C)cc2)n2c(s/c(=C\c3cc(C)n(-c4ccc([N+](=O)[O-])cc4)c3C)c2=O)=N1. The molecule has 4 aromatic rings. The smallest absolute Gasteiger partial charge is 0.338 e. The summed E-state index contributed by atoms with van der Waals surface area (Å²) < 4.78 is 9.63. The predicted octanol–water partition coefficient (Wildman–Crippen LogP) is 6.02. The number of hydrogen-bond acceptors (Lipinski definition) is 7. The zero-order chi connectivity index (χ0) is 31.7. The Labute approximate surface area is 259 Å². The van der Waals surface area contributed by atoms with Gasteiger partial charge in [0.1, 0.15) is 0 Å². The number of fused-ring (bicyclic) bond motifs is 1. The Morgan fingerprint density at radius 2 is 1.80 bits per heavy atom. The molecule has 2 aromatic carbocycles. The first-order valence-corrected chi connectivity index (χ1v) is 15.6. The number of aryl methyl sites for hydroxylation is 1. The summed E-state index contributed by atoms with van der Waals surface area (Å²) in [7, 11) is 0. The van der Waals surface area contributed by atoms with E-state index in [1.54, 1.807) is 23.6 Å². The van der Waals surface area contributed by atoms with Gasteiger partial charge in [-0.3, -0.25) is 19.5 Å². The highest BCUT2D eigenvalue weighted by Gasteiger charge is 2.34. The van der Waals surface area contributed by atoms with Crippen LogP contribution < -0.4 is 14.9 Å². The van der Waals surface area contributed by atoms with Crippen molar-refractivity contribution in [2.75, 3.05) is 6.61 Å². The zero-order valence-electron chi connectivity index (χ0n) is 25.8. The first-order chi connectivity index (χ1) is 21.0. The highest BCUT2D eigenvalue weighted by atomic mass is 32.1. The lowest BCUT2D eigenvalue weighted by Crippen LogP contribution is -2.40. The standard InChI is InChI=1S/C34H36N4O5S/c1-7-9-28-30(33(40)43-8-2)31(24-12-10-23(11-13-24)20(3)4)37-32(39)29(44-34(37)35-28)19-25-18-21(5)36(22(25)6)26-14-16-27(17-15-26)38(41)42/h10-20,31H,7-9H2,1-6H3/b29-19-/t31-/m1/s1. The Kier molecular flexibility index (Phi) is 8.82. The maximum atomic E-state index is 14.2. The van der Waals surface area contributed by atoms with E-state index < -0.39 is 16.9 Å². The number of hydrogen-bond donors (Lipinski definition) is 0. The van der Waals surface area contributed by atoms with Gasteiger partial charge in [-0.25, -0.2) is 9.79 Å². The van der Waals surface area contributed by atoms with Crippen LogP contribution in [-0.2, 0) is 9.53 Å². The molecule has 0 unspecified atom stereocenters. The molecule has 10 heteroatoms. The number of allylic oxidation sites excluding steroid dienone is 1. The molecule has 0 saturated carbocycles. The van der Waals surface area contributed by atoms with Crippen LogP contribution in [0.5, 0.6) is 0 Å². The lowest BCUT2D eigenvalue weighted by molar-refractivity contribution is -0.384. The molecule has 1 aliphatic heterocycles. The molecule has 0 aliphatic carbocycles. The van der Waals surface area contributed by atoms with Gasteiger partial charge in [0.15, 0.2) is 4.80 Å². The number of rotatable bonds is 9. The number of carbonyl (C=O) groups excluding carboxylic acids is 1. The maximum Gasteiger partial charge on any atom is 0.338 e. The van der Waals surface area contributed by atoms with Gasteiger partial charge >= 0.3 is 5.97 Å². The third-order valence-corrected chi connectivity index (χ3v) is 8.87. The summed E-state index contributed by atoms with van der Waals surface area (Å²) in [5, 5.41) is 11.1. The van der Waals surface area contributed by atoms with E-state index in [0.29, 0.717) is 32.9 Å². The number of nitro groups is 1. The first-order valence-electron chi connectivity index (χ1n) is 14.8. The van der Waals surface area contributed by atoms with E-state index in [0.717, 1.165) is 34.6 Å². The van der Waals surface area contributed by atoms with E-state index in [4.69, 9.17) is 9.73 Å². The van der Waals surface area contributed by atoms with Gasteiger partial charge in [-0.2, -0.15) is 0 Å². The summed E-state index contributed by atoms with van der Waals surface area (Å²) in [4.78, 5) is 43.7. The van der Waals surface area contributed by atoms with Crippen molar-refractivity contribution in [2.45, 2.75) is 66.3 Å². The molecule has 9 nitrogen and oxygen atoms in total. The van der Waals surface area contributed by atoms with Gasteiger partial charge in [-0.1, -0.05) is 62.8 Å². The van der Waals surface area contributed by atoms with Crippen LogP contribution in [0.25, 0.3) is 11.8 Å². The molecular weight excluding hydrogens is 576 g/mol. The van der Waals surface area contributed by atoms with E-state index in [9.17, 15) is 19.7 Å². The quantitative estimate of drug-likeness (QED) is 0.131. The Balaban J connectivity index is 1.68. The number of aromatic nitrogens is 2. The molecule has 0 fully saturated rings. The molecule has 1 aliphatic rings. The fraction of sp³-hybridized carbons (Fsp3) is 0.324. The minimum atomic E-state index is -0.664. The highest BCUT2D eigenvalue weighted by molar-refractivity contribution is 7.07. The van der Waals surface area contributed by atoms with Crippen molar-refractivity contribution in [3.8, 4) is 5.69 Å². The number of thiazole rings is 1. The fourth-order valence-corrected chi connectivity index (χ4v) is 6.71. The number of nitro benzene ring substituents is 1. The van der Waals surface area contributed by atoms with Crippen molar-refractivity contribution in [3.63, 3.8) is 0 Å². The number of non-ortho nitro benzene ring substituents is 1. The third kappa shape index (κ3) is 5.69. The van der Waals surface area contributed by atoms with E-state index in [2.05, 4.69) is 13.8 Å². The summed E-state index contributed by atoms with van der Waals surface area (Å²) in [6.07, 6.45) is 3.22. The van der Waals surface area contributed by atoms with Crippen LogP contribution in [0.2, 0.25) is 0 Å². The topological polar surface area (TPSA) is 109 Å². The number of carbonyl (C=O) groups is 1. The molecule has 0 N–H and O–H groups in total. The van der Waals surface area contributed by atoms with Gasteiger partial charge in [0.05, 0.1) is 33.4 Å². The van der Waals surface area contributed by atoms with E-state index in [1.165, 1.54) is 29.0 Å². The van der Waals surface area contributed by atoms with Crippen molar-refractivity contribution in [2.24, 2.45) is 4.99 Å². The molecular formula is C34H36N4O5S. The molecule has 228 valence electrons. The Morgan fingerprint density at radius 3 is 2.39 bits per heavy atom. The average Bonchev–Trinajstić information content (AvgIpc) is 3.46. The minimum Gasteiger partial charge on any atom is -0.463 e. The second-order valence-corrected chi connectivity index (χ2v) is 12.2. The van der Waals surface area contributed by atoms with Crippen LogP contribution in [0.15, 0.2) is 75.7 Å². The molecule has 1 atom stereocenters. The maximum absolute atomic E-state index is 14.2. The van der Waals surface area contributed by atoms with Crippen LogP contribution in [0, 0.1) is 24.0 Å². The summed E-state index contributed by atoms with van der Waals surface area (Å²) in [6.45, 7) is 12.2. The lowest BCUT2D eigenvalue weighted by Gasteiger charge is -2.26. The van der Waals surface area contributed by atoms with E-state index in [1.807, 2.05) is 61.7 Å². The summed E-state index contributed by atoms with van der Waals surface area (Å²) >= 11 is 1.30. The number of nitrogens with zero attached hydrogens (tertiary/aromatic N) is 4. The number of benzene rings is 2. The van der Waals surface area contributed by atoms with Gasteiger partial charge in [0, 0.05) is 29.2 Å². The zero-order valence-corrected chi connectivity index (χ0v) is 26.6. The summed E-state index contributed by atoms with van der Waals surface area (Å²) in [5.74, 6) is -0.120. The average molecular weight is 613 g/mol. The second-order valence-electron chi connectivity index (χ2n) is 11.2. The van der Waals surface area contributed by atoms with Gasteiger partial charge in [0.2, 0.25) is 0 Å². The third-order valence-electron chi connectivity index (χ3n) is 7.89. The van der Waals surface area contributed by atoms with Crippen molar-refractivity contribution < 1.29 is 14.5 Å². The minimum absolute atomic E-state index is 0.0237. The van der Waals surface area contributed by atoms with Gasteiger partial charge in [-0.05, 0) is 74.1 Å². The van der Waals surface area contributed by atoms with Crippen LogP contribution in [0.4, 0.5) is 5.69 Å². The normalized spacial score (nSPS) is 15.0. The molecule has 0 spiro atoms. The number of esters is 1. The van der Waals surface area contributed by atoms with Crippen LogP contribution in [0.3, 0.4) is 0 Å².